The molecule has 1 amide bonds. The van der Waals surface area contributed by atoms with Crippen molar-refractivity contribution >= 4 is 22.4 Å². The molecule has 0 aromatic carbocycles. The zero-order valence-corrected chi connectivity index (χ0v) is 11.7. The molecule has 0 aliphatic heterocycles. The number of nitrogens with two attached hydrogens (primary N) is 1. The second kappa shape index (κ2) is 6.18. The molecule has 0 saturated heterocycles. The van der Waals surface area contributed by atoms with E-state index in [4.69, 9.17) is 5.73 Å². The van der Waals surface area contributed by atoms with E-state index in [0.717, 1.165) is 18.5 Å². The smallest absolute Gasteiger partial charge is 0.263 e. The topological polar surface area (TPSA) is 68.0 Å². The van der Waals surface area contributed by atoms with E-state index >= 15 is 0 Å². The summed E-state index contributed by atoms with van der Waals surface area (Å²) in [6, 6.07) is 0.320. The molecule has 0 bridgehead atoms. The lowest BCUT2D eigenvalue weighted by Crippen LogP contribution is -2.35. The van der Waals surface area contributed by atoms with Crippen LogP contribution in [0.1, 0.15) is 60.3 Å². The van der Waals surface area contributed by atoms with Crippen molar-refractivity contribution in [2.75, 3.05) is 5.73 Å². The van der Waals surface area contributed by atoms with Crippen LogP contribution in [0, 0.1) is 6.92 Å². The molecule has 0 atom stereocenters. The van der Waals surface area contributed by atoms with E-state index in [1.807, 2.05) is 6.92 Å². The number of nitrogens with zero attached hydrogens (tertiary/aromatic N) is 1. The number of aromatic nitrogens is 1. The predicted octanol–water partition coefficient (Wildman–Crippen LogP) is 2.88. The van der Waals surface area contributed by atoms with Gasteiger partial charge < -0.3 is 11.1 Å². The van der Waals surface area contributed by atoms with Crippen LogP contribution in [-0.2, 0) is 0 Å². The summed E-state index contributed by atoms with van der Waals surface area (Å²) in [7, 11) is 0. The number of hydrogen-bond donors (Lipinski definition) is 2. The van der Waals surface area contributed by atoms with Crippen molar-refractivity contribution in [2.24, 2.45) is 0 Å². The number of anilines is 1. The largest absolute Gasteiger partial charge is 0.375 e. The fourth-order valence-corrected chi connectivity index (χ4v) is 3.22. The number of amides is 1. The van der Waals surface area contributed by atoms with Gasteiger partial charge in [-0.2, -0.15) is 0 Å². The minimum absolute atomic E-state index is 0.00715. The van der Waals surface area contributed by atoms with E-state index in [-0.39, 0.29) is 5.91 Å². The third kappa shape index (κ3) is 3.45. The molecule has 5 heteroatoms. The van der Waals surface area contributed by atoms with Crippen LogP contribution in [0.4, 0.5) is 5.13 Å². The standard InChI is InChI=1S/C13H21N3OS/c1-9-11(18-13(14)15-9)12(17)16-10-7-5-3-2-4-6-8-10/h10H,2-8H2,1H3,(H2,14,15)(H,16,17). The number of rotatable bonds is 2. The van der Waals surface area contributed by atoms with E-state index in [1.165, 1.54) is 43.4 Å². The molecular formula is C13H21N3OS. The molecule has 4 nitrogen and oxygen atoms in total. The summed E-state index contributed by atoms with van der Waals surface area (Å²) in [5, 5.41) is 3.60. The Kier molecular flexibility index (Phi) is 4.58. The second-order valence-electron chi connectivity index (χ2n) is 4.98. The Morgan fingerprint density at radius 3 is 2.44 bits per heavy atom. The Hall–Kier alpha value is -1.10. The van der Waals surface area contributed by atoms with Gasteiger partial charge in [-0.05, 0) is 19.8 Å². The van der Waals surface area contributed by atoms with Crippen LogP contribution >= 0.6 is 11.3 Å². The van der Waals surface area contributed by atoms with Gasteiger partial charge in [0.05, 0.1) is 5.69 Å². The first-order valence-electron chi connectivity index (χ1n) is 6.70. The SMILES string of the molecule is Cc1nc(N)sc1C(=O)NC1CCCCCCC1. The van der Waals surface area contributed by atoms with Crippen molar-refractivity contribution in [3.05, 3.63) is 10.6 Å². The molecular weight excluding hydrogens is 246 g/mol. The van der Waals surface area contributed by atoms with Gasteiger partial charge in [0.15, 0.2) is 5.13 Å². The van der Waals surface area contributed by atoms with E-state index in [0.29, 0.717) is 16.1 Å². The van der Waals surface area contributed by atoms with E-state index < -0.39 is 0 Å². The Bertz CT molecular complexity index is 408. The molecule has 1 fully saturated rings. The summed E-state index contributed by atoms with van der Waals surface area (Å²) in [5.74, 6) is -0.00715. The van der Waals surface area contributed by atoms with Crippen molar-refractivity contribution in [1.82, 2.24) is 10.3 Å². The Labute approximate surface area is 112 Å². The van der Waals surface area contributed by atoms with E-state index in [1.54, 1.807) is 0 Å². The fourth-order valence-electron chi connectivity index (χ4n) is 2.48. The van der Waals surface area contributed by atoms with Gasteiger partial charge in [-0.15, -0.1) is 0 Å². The van der Waals surface area contributed by atoms with Crippen LogP contribution in [0.3, 0.4) is 0 Å². The van der Waals surface area contributed by atoms with E-state index in [9.17, 15) is 4.79 Å². The average molecular weight is 267 g/mol. The number of nitrogens with one attached hydrogen (secondary N) is 1. The average Bonchev–Trinajstić information content (AvgIpc) is 2.61. The minimum atomic E-state index is -0.00715. The highest BCUT2D eigenvalue weighted by molar-refractivity contribution is 7.17. The summed E-state index contributed by atoms with van der Waals surface area (Å²) in [4.78, 5) is 16.9. The highest BCUT2D eigenvalue weighted by Crippen LogP contribution is 2.21. The molecule has 1 aliphatic carbocycles. The quantitative estimate of drug-likeness (QED) is 0.865. The molecule has 1 aromatic rings. The van der Waals surface area contributed by atoms with Crippen molar-refractivity contribution in [1.29, 1.82) is 0 Å². The molecule has 0 unspecified atom stereocenters. The Balaban J connectivity index is 1.95. The lowest BCUT2D eigenvalue weighted by atomic mass is 9.97. The maximum Gasteiger partial charge on any atom is 0.263 e. The zero-order chi connectivity index (χ0) is 13.0. The lowest BCUT2D eigenvalue weighted by molar-refractivity contribution is 0.0934. The Morgan fingerprint density at radius 2 is 1.89 bits per heavy atom. The monoisotopic (exact) mass is 267 g/mol. The molecule has 1 aliphatic rings. The van der Waals surface area contributed by atoms with Gasteiger partial charge in [0.1, 0.15) is 4.88 Å². The van der Waals surface area contributed by atoms with Gasteiger partial charge in [0, 0.05) is 6.04 Å². The predicted molar refractivity (Wildman–Crippen MR) is 74.8 cm³/mol. The van der Waals surface area contributed by atoms with E-state index in [2.05, 4.69) is 10.3 Å². The summed E-state index contributed by atoms with van der Waals surface area (Å²) >= 11 is 1.27. The summed E-state index contributed by atoms with van der Waals surface area (Å²) in [6.45, 7) is 1.83. The summed E-state index contributed by atoms with van der Waals surface area (Å²) in [5.41, 5.74) is 6.36. The van der Waals surface area contributed by atoms with Crippen LogP contribution < -0.4 is 11.1 Å². The van der Waals surface area contributed by atoms with Gasteiger partial charge in [0.25, 0.3) is 5.91 Å². The highest BCUT2D eigenvalue weighted by Gasteiger charge is 2.18. The minimum Gasteiger partial charge on any atom is -0.375 e. The maximum absolute atomic E-state index is 12.1. The molecule has 100 valence electrons. The number of aryl methyl sites for hydroxylation is 1. The van der Waals surface area contributed by atoms with Crippen LogP contribution in [0.5, 0.6) is 0 Å². The number of nitrogen functional groups attached to an aromatic ring is 1. The lowest BCUT2D eigenvalue weighted by Gasteiger charge is -2.20. The third-order valence-corrected chi connectivity index (χ3v) is 4.45. The van der Waals surface area contributed by atoms with Gasteiger partial charge >= 0.3 is 0 Å². The third-order valence-electron chi connectivity index (χ3n) is 3.46. The van der Waals surface area contributed by atoms with Gasteiger partial charge in [0.2, 0.25) is 0 Å². The van der Waals surface area contributed by atoms with Crippen molar-refractivity contribution in [3.63, 3.8) is 0 Å². The molecule has 1 saturated carbocycles. The van der Waals surface area contributed by atoms with Crippen LogP contribution in [0.25, 0.3) is 0 Å². The van der Waals surface area contributed by atoms with Crippen LogP contribution in [-0.4, -0.2) is 16.9 Å². The number of hydrogen-bond acceptors (Lipinski definition) is 4. The van der Waals surface area contributed by atoms with Gasteiger partial charge in [-0.25, -0.2) is 4.98 Å². The van der Waals surface area contributed by atoms with Gasteiger partial charge in [-0.3, -0.25) is 4.79 Å². The normalized spacial score (nSPS) is 18.1. The summed E-state index contributed by atoms with van der Waals surface area (Å²) in [6.07, 6.45) is 8.55. The molecule has 0 spiro atoms. The molecule has 2 rings (SSSR count). The molecule has 1 aromatic heterocycles. The Morgan fingerprint density at radius 1 is 1.28 bits per heavy atom. The van der Waals surface area contributed by atoms with Crippen LogP contribution in [0.2, 0.25) is 0 Å². The second-order valence-corrected chi connectivity index (χ2v) is 6.01. The van der Waals surface area contributed by atoms with Crippen molar-refractivity contribution < 1.29 is 4.79 Å². The zero-order valence-electron chi connectivity index (χ0n) is 10.9. The fraction of sp³-hybridized carbons (Fsp3) is 0.692. The highest BCUT2D eigenvalue weighted by atomic mass is 32.1. The van der Waals surface area contributed by atoms with Crippen LogP contribution in [0.15, 0.2) is 0 Å². The number of thiazole rings is 1. The molecule has 1 heterocycles. The molecule has 0 radical (unpaired) electrons. The molecule has 18 heavy (non-hydrogen) atoms. The summed E-state index contributed by atoms with van der Waals surface area (Å²) < 4.78 is 0. The number of carbonyl (C=O) groups excluding carboxylic acids is 1. The van der Waals surface area contributed by atoms with Crippen molar-refractivity contribution in [2.45, 2.75) is 57.9 Å². The first-order valence-corrected chi connectivity index (χ1v) is 7.52. The van der Waals surface area contributed by atoms with Gasteiger partial charge in [-0.1, -0.05) is 43.4 Å². The maximum atomic E-state index is 12.1. The van der Waals surface area contributed by atoms with Crippen molar-refractivity contribution in [3.8, 4) is 0 Å². The first kappa shape index (κ1) is 13.3. The first-order chi connectivity index (χ1) is 8.66. The molecule has 3 N–H and O–H groups in total. The number of carbonyl (C=O) groups is 1.